The average molecular weight is 272 g/mol. The number of aryl methyl sites for hydroxylation is 1. The molecule has 1 heterocycles. The highest BCUT2D eigenvalue weighted by molar-refractivity contribution is 7.89. The Kier molecular flexibility index (Phi) is 3.70. The Morgan fingerprint density at radius 3 is 2.72 bits per heavy atom. The van der Waals surface area contributed by atoms with Gasteiger partial charge in [-0.2, -0.15) is 0 Å². The van der Waals surface area contributed by atoms with Crippen molar-refractivity contribution in [2.24, 2.45) is 5.92 Å². The third-order valence-corrected chi connectivity index (χ3v) is 4.90. The topological polar surface area (TPSA) is 58.2 Å². The number of nitrogens with one attached hydrogen (secondary N) is 2. The standard InChI is InChI=1S/C12H17FN2O2S/c1-8-3-4-10(13)5-12(8)18(16,17)15-11-7-14-6-9(11)2/h3-5,9,11,14-15H,6-7H2,1-2H3. The number of benzene rings is 1. The lowest BCUT2D eigenvalue weighted by Gasteiger charge is -2.17. The lowest BCUT2D eigenvalue weighted by atomic mass is 10.1. The summed E-state index contributed by atoms with van der Waals surface area (Å²) < 4.78 is 40.2. The van der Waals surface area contributed by atoms with Crippen molar-refractivity contribution in [3.63, 3.8) is 0 Å². The van der Waals surface area contributed by atoms with Crippen molar-refractivity contribution in [1.29, 1.82) is 0 Å². The molecule has 1 saturated heterocycles. The van der Waals surface area contributed by atoms with Crippen LogP contribution in [0.5, 0.6) is 0 Å². The predicted molar refractivity (Wildman–Crippen MR) is 67.3 cm³/mol. The molecule has 2 N–H and O–H groups in total. The van der Waals surface area contributed by atoms with Crippen molar-refractivity contribution < 1.29 is 12.8 Å². The van der Waals surface area contributed by atoms with Gasteiger partial charge in [0.15, 0.2) is 0 Å². The second-order valence-electron chi connectivity index (χ2n) is 4.77. The summed E-state index contributed by atoms with van der Waals surface area (Å²) >= 11 is 0. The van der Waals surface area contributed by atoms with E-state index in [1.54, 1.807) is 6.92 Å². The molecular formula is C12H17FN2O2S. The summed E-state index contributed by atoms with van der Waals surface area (Å²) in [6, 6.07) is 3.65. The van der Waals surface area contributed by atoms with Gasteiger partial charge in [-0.1, -0.05) is 13.0 Å². The van der Waals surface area contributed by atoms with Crippen molar-refractivity contribution in [3.05, 3.63) is 29.6 Å². The zero-order chi connectivity index (χ0) is 13.3. The molecule has 0 amide bonds. The van der Waals surface area contributed by atoms with Crippen molar-refractivity contribution >= 4 is 10.0 Å². The maximum atomic E-state index is 13.2. The Labute approximate surface area is 107 Å². The summed E-state index contributed by atoms with van der Waals surface area (Å²) in [4.78, 5) is 0.0154. The third-order valence-electron chi connectivity index (χ3n) is 3.26. The van der Waals surface area contributed by atoms with Crippen LogP contribution in [-0.4, -0.2) is 27.5 Å². The molecule has 2 atom stereocenters. The van der Waals surface area contributed by atoms with Crippen LogP contribution in [0, 0.1) is 18.7 Å². The molecule has 0 aromatic heterocycles. The van der Waals surface area contributed by atoms with Crippen LogP contribution in [0.4, 0.5) is 4.39 Å². The van der Waals surface area contributed by atoms with Gasteiger partial charge in [0.25, 0.3) is 0 Å². The number of halogens is 1. The molecule has 6 heteroatoms. The third kappa shape index (κ3) is 2.71. The van der Waals surface area contributed by atoms with Crippen molar-refractivity contribution in [3.8, 4) is 0 Å². The van der Waals surface area contributed by atoms with E-state index < -0.39 is 15.8 Å². The average Bonchev–Trinajstić information content (AvgIpc) is 2.67. The summed E-state index contributed by atoms with van der Waals surface area (Å²) in [7, 11) is -3.66. The number of hydrogen-bond acceptors (Lipinski definition) is 3. The van der Waals surface area contributed by atoms with Crippen molar-refractivity contribution in [2.75, 3.05) is 13.1 Å². The smallest absolute Gasteiger partial charge is 0.241 e. The first-order valence-electron chi connectivity index (χ1n) is 5.89. The Morgan fingerprint density at radius 1 is 1.39 bits per heavy atom. The first kappa shape index (κ1) is 13.5. The number of hydrogen-bond donors (Lipinski definition) is 2. The van der Waals surface area contributed by atoms with E-state index in [-0.39, 0.29) is 16.9 Å². The molecule has 1 aliphatic heterocycles. The van der Waals surface area contributed by atoms with Gasteiger partial charge in [-0.3, -0.25) is 0 Å². The summed E-state index contributed by atoms with van der Waals surface area (Å²) in [6.07, 6.45) is 0. The summed E-state index contributed by atoms with van der Waals surface area (Å²) in [6.45, 7) is 5.03. The first-order chi connectivity index (χ1) is 8.40. The molecule has 0 spiro atoms. The van der Waals surface area contributed by atoms with E-state index in [1.165, 1.54) is 12.1 Å². The minimum atomic E-state index is -3.66. The quantitative estimate of drug-likeness (QED) is 0.864. The van der Waals surface area contributed by atoms with Gasteiger partial charge in [-0.05, 0) is 37.1 Å². The summed E-state index contributed by atoms with van der Waals surface area (Å²) in [5.41, 5.74) is 0.544. The fourth-order valence-electron chi connectivity index (χ4n) is 2.09. The SMILES string of the molecule is Cc1ccc(F)cc1S(=O)(=O)NC1CNCC1C. The fourth-order valence-corrected chi connectivity index (χ4v) is 3.69. The fraction of sp³-hybridized carbons (Fsp3) is 0.500. The van der Waals surface area contributed by atoms with E-state index >= 15 is 0 Å². The molecular weight excluding hydrogens is 255 g/mol. The highest BCUT2D eigenvalue weighted by Crippen LogP contribution is 2.18. The minimum absolute atomic E-state index is 0.0154. The molecule has 100 valence electrons. The van der Waals surface area contributed by atoms with Crippen molar-refractivity contribution in [1.82, 2.24) is 10.0 Å². The molecule has 1 aliphatic rings. The molecule has 18 heavy (non-hydrogen) atoms. The van der Waals surface area contributed by atoms with Gasteiger partial charge < -0.3 is 5.32 Å². The Bertz CT molecular complexity index is 545. The second-order valence-corrected chi connectivity index (χ2v) is 6.46. The van der Waals surface area contributed by atoms with Crippen LogP contribution in [0.2, 0.25) is 0 Å². The Hall–Kier alpha value is -0.980. The van der Waals surface area contributed by atoms with Crippen LogP contribution in [-0.2, 0) is 10.0 Å². The lowest BCUT2D eigenvalue weighted by molar-refractivity contribution is 0.502. The highest BCUT2D eigenvalue weighted by atomic mass is 32.2. The van der Waals surface area contributed by atoms with E-state index in [1.807, 2.05) is 6.92 Å². The van der Waals surface area contributed by atoms with E-state index in [2.05, 4.69) is 10.0 Å². The number of sulfonamides is 1. The molecule has 2 rings (SSSR count). The first-order valence-corrected chi connectivity index (χ1v) is 7.37. The Balaban J connectivity index is 2.28. The van der Waals surface area contributed by atoms with Crippen LogP contribution < -0.4 is 10.0 Å². The molecule has 0 radical (unpaired) electrons. The van der Waals surface area contributed by atoms with Gasteiger partial charge in [-0.15, -0.1) is 0 Å². The van der Waals surface area contributed by atoms with Crippen LogP contribution in [0.1, 0.15) is 12.5 Å². The van der Waals surface area contributed by atoms with Crippen LogP contribution >= 0.6 is 0 Å². The monoisotopic (exact) mass is 272 g/mol. The molecule has 0 saturated carbocycles. The molecule has 0 aliphatic carbocycles. The molecule has 0 bridgehead atoms. The zero-order valence-electron chi connectivity index (χ0n) is 10.4. The van der Waals surface area contributed by atoms with Gasteiger partial charge in [0, 0.05) is 12.6 Å². The second kappa shape index (κ2) is 4.95. The molecule has 4 nitrogen and oxygen atoms in total. The van der Waals surface area contributed by atoms with E-state index in [0.29, 0.717) is 12.1 Å². The normalized spacial score (nSPS) is 24.4. The van der Waals surface area contributed by atoms with Crippen LogP contribution in [0.3, 0.4) is 0 Å². The Morgan fingerprint density at radius 2 is 2.11 bits per heavy atom. The van der Waals surface area contributed by atoms with Gasteiger partial charge in [-0.25, -0.2) is 17.5 Å². The van der Waals surface area contributed by atoms with Gasteiger partial charge in [0.1, 0.15) is 5.82 Å². The van der Waals surface area contributed by atoms with E-state index in [9.17, 15) is 12.8 Å². The van der Waals surface area contributed by atoms with E-state index in [0.717, 1.165) is 12.6 Å². The summed E-state index contributed by atoms with van der Waals surface area (Å²) in [5, 5.41) is 3.12. The summed E-state index contributed by atoms with van der Waals surface area (Å²) in [5.74, 6) is -0.313. The van der Waals surface area contributed by atoms with Gasteiger partial charge in [0.05, 0.1) is 4.90 Å². The maximum absolute atomic E-state index is 13.2. The number of rotatable bonds is 3. The molecule has 1 aromatic rings. The van der Waals surface area contributed by atoms with Crippen LogP contribution in [0.15, 0.2) is 23.1 Å². The molecule has 2 unspecified atom stereocenters. The molecule has 1 fully saturated rings. The van der Waals surface area contributed by atoms with E-state index in [4.69, 9.17) is 0 Å². The molecule has 1 aromatic carbocycles. The van der Waals surface area contributed by atoms with Crippen LogP contribution in [0.25, 0.3) is 0 Å². The highest BCUT2D eigenvalue weighted by Gasteiger charge is 2.29. The largest absolute Gasteiger partial charge is 0.315 e. The minimum Gasteiger partial charge on any atom is -0.315 e. The van der Waals surface area contributed by atoms with Gasteiger partial charge >= 0.3 is 0 Å². The zero-order valence-corrected chi connectivity index (χ0v) is 11.2. The van der Waals surface area contributed by atoms with Gasteiger partial charge in [0.2, 0.25) is 10.0 Å². The lowest BCUT2D eigenvalue weighted by Crippen LogP contribution is -2.39. The van der Waals surface area contributed by atoms with Crippen molar-refractivity contribution in [2.45, 2.75) is 24.8 Å². The predicted octanol–water partition coefficient (Wildman–Crippen LogP) is 1.02. The maximum Gasteiger partial charge on any atom is 0.241 e.